The van der Waals surface area contributed by atoms with E-state index in [0.29, 0.717) is 24.3 Å². The normalized spacial score (nSPS) is 22.5. The highest BCUT2D eigenvalue weighted by Gasteiger charge is 2.24. The van der Waals surface area contributed by atoms with Crippen LogP contribution in [0.25, 0.3) is 0 Å². The Labute approximate surface area is 126 Å². The number of aromatic nitrogens is 1. The van der Waals surface area contributed by atoms with Crippen molar-refractivity contribution >= 4 is 11.6 Å². The molecule has 1 unspecified atom stereocenters. The second kappa shape index (κ2) is 6.74. The largest absolute Gasteiger partial charge is 0.381 e. The Balaban J connectivity index is 1.44. The van der Waals surface area contributed by atoms with Crippen LogP contribution in [0.4, 0.5) is 5.69 Å². The molecule has 0 radical (unpaired) electrons. The minimum Gasteiger partial charge on any atom is -0.381 e. The van der Waals surface area contributed by atoms with Gasteiger partial charge in [-0.05, 0) is 43.7 Å². The molecule has 2 heterocycles. The molecule has 1 aliphatic carbocycles. The third-order valence-electron chi connectivity index (χ3n) is 4.43. The average molecular weight is 285 g/mol. The van der Waals surface area contributed by atoms with Crippen LogP contribution in [0.5, 0.6) is 0 Å². The van der Waals surface area contributed by atoms with E-state index in [2.05, 4.69) is 22.5 Å². The molecule has 3 rings (SSSR count). The van der Waals surface area contributed by atoms with Gasteiger partial charge in [0.25, 0.3) is 0 Å². The van der Waals surface area contributed by atoms with Crippen molar-refractivity contribution in [2.24, 2.45) is 5.92 Å². The summed E-state index contributed by atoms with van der Waals surface area (Å²) in [5, 5.41) is 3.50. The molecule has 1 aromatic heterocycles. The van der Waals surface area contributed by atoms with Crippen LogP contribution in [0.2, 0.25) is 0 Å². The van der Waals surface area contributed by atoms with Gasteiger partial charge in [0.05, 0.1) is 5.69 Å². The van der Waals surface area contributed by atoms with Gasteiger partial charge in [-0.25, -0.2) is 0 Å². The molecular formula is C17H23N3O. The Kier molecular flexibility index (Phi) is 4.53. The minimum atomic E-state index is 0.325. The maximum Gasteiger partial charge on any atom is 0.223 e. The summed E-state index contributed by atoms with van der Waals surface area (Å²) in [5.41, 5.74) is 1.07. The molecule has 1 aromatic rings. The van der Waals surface area contributed by atoms with Crippen molar-refractivity contribution in [3.05, 3.63) is 36.7 Å². The van der Waals surface area contributed by atoms with Crippen LogP contribution in [0.1, 0.15) is 32.1 Å². The van der Waals surface area contributed by atoms with Crippen molar-refractivity contribution in [2.75, 3.05) is 18.4 Å². The lowest BCUT2D eigenvalue weighted by Crippen LogP contribution is -2.42. The maximum absolute atomic E-state index is 12.3. The Morgan fingerprint density at radius 3 is 2.86 bits per heavy atom. The van der Waals surface area contributed by atoms with E-state index < -0.39 is 0 Å². The number of hydrogen-bond donors (Lipinski definition) is 1. The number of anilines is 1. The van der Waals surface area contributed by atoms with E-state index in [4.69, 9.17) is 0 Å². The Bertz CT molecular complexity index is 492. The van der Waals surface area contributed by atoms with Gasteiger partial charge in [0.1, 0.15) is 0 Å². The van der Waals surface area contributed by atoms with E-state index in [-0.39, 0.29) is 0 Å². The molecule has 2 aliphatic rings. The molecule has 4 heteroatoms. The number of nitrogens with one attached hydrogen (secondary N) is 1. The second-order valence-corrected chi connectivity index (χ2v) is 6.01. The molecule has 0 bridgehead atoms. The van der Waals surface area contributed by atoms with Crippen molar-refractivity contribution in [3.8, 4) is 0 Å². The lowest BCUT2D eigenvalue weighted by Gasteiger charge is -2.33. The van der Waals surface area contributed by atoms with Crippen molar-refractivity contribution in [1.82, 2.24) is 9.88 Å². The number of allylic oxidation sites excluding steroid dienone is 2. The first kappa shape index (κ1) is 14.1. The fourth-order valence-corrected chi connectivity index (χ4v) is 3.18. The summed E-state index contributed by atoms with van der Waals surface area (Å²) < 4.78 is 0. The molecule has 1 saturated heterocycles. The topological polar surface area (TPSA) is 45.2 Å². The molecule has 1 N–H and O–H groups in total. The van der Waals surface area contributed by atoms with E-state index in [0.717, 1.165) is 44.5 Å². The number of hydrogen-bond acceptors (Lipinski definition) is 3. The summed E-state index contributed by atoms with van der Waals surface area (Å²) in [6.45, 7) is 1.74. The van der Waals surface area contributed by atoms with E-state index in [9.17, 15) is 4.79 Å². The summed E-state index contributed by atoms with van der Waals surface area (Å²) in [4.78, 5) is 18.4. The zero-order chi connectivity index (χ0) is 14.5. The molecule has 0 aromatic carbocycles. The summed E-state index contributed by atoms with van der Waals surface area (Å²) >= 11 is 0. The standard InChI is InChI=1S/C17H23N3O/c21-17(12-14-4-1-2-5-14)20-10-7-15(8-11-20)19-16-6-3-9-18-13-16/h1,3-4,6,9,13-15,19H,2,5,7-8,10-12H2. The Morgan fingerprint density at radius 1 is 1.33 bits per heavy atom. The number of rotatable bonds is 4. The van der Waals surface area contributed by atoms with Gasteiger partial charge < -0.3 is 10.2 Å². The molecule has 1 amide bonds. The predicted molar refractivity (Wildman–Crippen MR) is 83.9 cm³/mol. The number of pyridine rings is 1. The number of nitrogens with zero attached hydrogens (tertiary/aromatic N) is 2. The van der Waals surface area contributed by atoms with Crippen molar-refractivity contribution < 1.29 is 4.79 Å². The molecule has 1 atom stereocenters. The molecule has 112 valence electrons. The Morgan fingerprint density at radius 2 is 2.19 bits per heavy atom. The maximum atomic E-state index is 12.3. The smallest absolute Gasteiger partial charge is 0.223 e. The number of carbonyl (C=O) groups excluding carboxylic acids is 1. The zero-order valence-electron chi connectivity index (χ0n) is 12.4. The molecule has 0 spiro atoms. The van der Waals surface area contributed by atoms with Crippen LogP contribution in [-0.2, 0) is 4.79 Å². The first-order valence-corrected chi connectivity index (χ1v) is 7.92. The molecule has 1 fully saturated rings. The Hall–Kier alpha value is -1.84. The van der Waals surface area contributed by atoms with Crippen LogP contribution in [0.3, 0.4) is 0 Å². The molecule has 21 heavy (non-hydrogen) atoms. The van der Waals surface area contributed by atoms with Crippen LogP contribution >= 0.6 is 0 Å². The first-order valence-electron chi connectivity index (χ1n) is 7.92. The SMILES string of the molecule is O=C(CC1C=CCC1)N1CCC(Nc2cccnc2)CC1. The monoisotopic (exact) mass is 285 g/mol. The summed E-state index contributed by atoms with van der Waals surface area (Å²) in [5.74, 6) is 0.801. The second-order valence-electron chi connectivity index (χ2n) is 6.01. The van der Waals surface area contributed by atoms with Gasteiger partial charge in [0.15, 0.2) is 0 Å². The van der Waals surface area contributed by atoms with Gasteiger partial charge in [-0.2, -0.15) is 0 Å². The highest BCUT2D eigenvalue weighted by Crippen LogP contribution is 2.23. The highest BCUT2D eigenvalue weighted by atomic mass is 16.2. The highest BCUT2D eigenvalue weighted by molar-refractivity contribution is 5.76. The van der Waals surface area contributed by atoms with E-state index in [1.807, 2.05) is 23.2 Å². The number of carbonyl (C=O) groups is 1. The van der Waals surface area contributed by atoms with Gasteiger partial charge >= 0.3 is 0 Å². The van der Waals surface area contributed by atoms with Crippen LogP contribution in [0.15, 0.2) is 36.7 Å². The summed E-state index contributed by atoms with van der Waals surface area (Å²) in [7, 11) is 0. The lowest BCUT2D eigenvalue weighted by molar-refractivity contribution is -0.132. The predicted octanol–water partition coefficient (Wildman–Crippen LogP) is 2.84. The quantitative estimate of drug-likeness (QED) is 0.865. The van der Waals surface area contributed by atoms with Crippen LogP contribution < -0.4 is 5.32 Å². The van der Waals surface area contributed by atoms with Crippen molar-refractivity contribution in [2.45, 2.75) is 38.1 Å². The van der Waals surface area contributed by atoms with Crippen molar-refractivity contribution in [1.29, 1.82) is 0 Å². The van der Waals surface area contributed by atoms with E-state index in [1.165, 1.54) is 0 Å². The van der Waals surface area contributed by atoms with E-state index >= 15 is 0 Å². The molecule has 4 nitrogen and oxygen atoms in total. The lowest BCUT2D eigenvalue weighted by atomic mass is 10.0. The van der Waals surface area contributed by atoms with Gasteiger partial charge in [-0.15, -0.1) is 0 Å². The summed E-state index contributed by atoms with van der Waals surface area (Å²) in [6, 6.07) is 4.43. The third kappa shape index (κ3) is 3.84. The first-order chi connectivity index (χ1) is 10.3. The number of amides is 1. The van der Waals surface area contributed by atoms with Gasteiger partial charge in [0.2, 0.25) is 5.91 Å². The third-order valence-corrected chi connectivity index (χ3v) is 4.43. The zero-order valence-corrected chi connectivity index (χ0v) is 12.4. The fraction of sp³-hybridized carbons (Fsp3) is 0.529. The molecule has 0 saturated carbocycles. The van der Waals surface area contributed by atoms with Crippen LogP contribution in [-0.4, -0.2) is 34.9 Å². The van der Waals surface area contributed by atoms with Gasteiger partial charge in [0, 0.05) is 37.9 Å². The van der Waals surface area contributed by atoms with Crippen LogP contribution in [0, 0.1) is 5.92 Å². The van der Waals surface area contributed by atoms with Gasteiger partial charge in [-0.1, -0.05) is 12.2 Å². The number of likely N-dealkylation sites (tertiary alicyclic amines) is 1. The average Bonchev–Trinajstić information content (AvgIpc) is 3.02. The van der Waals surface area contributed by atoms with Crippen molar-refractivity contribution in [3.63, 3.8) is 0 Å². The molecular weight excluding hydrogens is 262 g/mol. The fourth-order valence-electron chi connectivity index (χ4n) is 3.18. The minimum absolute atomic E-state index is 0.325. The van der Waals surface area contributed by atoms with Gasteiger partial charge in [-0.3, -0.25) is 9.78 Å². The van der Waals surface area contributed by atoms with E-state index in [1.54, 1.807) is 6.20 Å². The molecule has 1 aliphatic heterocycles. The summed E-state index contributed by atoms with van der Waals surface area (Å²) in [6.07, 6.45) is 13.0. The number of piperidine rings is 1.